The van der Waals surface area contributed by atoms with E-state index in [1.807, 2.05) is 54.9 Å². The average Bonchev–Trinajstić information content (AvgIpc) is 3.03. The Hall–Kier alpha value is -2.46. The Labute approximate surface area is 141 Å². The molecule has 0 atom stereocenters. The summed E-state index contributed by atoms with van der Waals surface area (Å²) >= 11 is 0. The fourth-order valence-corrected chi connectivity index (χ4v) is 3.58. The van der Waals surface area contributed by atoms with Crippen LogP contribution in [0.25, 0.3) is 11.0 Å². The van der Waals surface area contributed by atoms with Gasteiger partial charge >= 0.3 is 0 Å². The molecule has 1 aliphatic rings. The lowest BCUT2D eigenvalue weighted by Crippen LogP contribution is -2.26. The van der Waals surface area contributed by atoms with Crippen LogP contribution >= 0.6 is 0 Å². The largest absolute Gasteiger partial charge is 0.317 e. The number of aromatic nitrogens is 2. The minimum atomic E-state index is 0.0967. The van der Waals surface area contributed by atoms with Gasteiger partial charge < -0.3 is 5.32 Å². The molecule has 0 aliphatic carbocycles. The van der Waals surface area contributed by atoms with E-state index in [1.165, 1.54) is 5.56 Å². The number of rotatable bonds is 3. The van der Waals surface area contributed by atoms with Gasteiger partial charge in [0.2, 0.25) is 5.91 Å². The highest BCUT2D eigenvalue weighted by Gasteiger charge is 2.22. The first kappa shape index (κ1) is 15.1. The minimum absolute atomic E-state index is 0.0967. The van der Waals surface area contributed by atoms with E-state index in [4.69, 9.17) is 0 Å². The lowest BCUT2D eigenvalue weighted by molar-refractivity contribution is 0.0919. The van der Waals surface area contributed by atoms with Crippen LogP contribution in [-0.2, 0) is 6.42 Å². The van der Waals surface area contributed by atoms with Gasteiger partial charge in [0.15, 0.2) is 0 Å². The molecule has 1 aromatic carbocycles. The molecule has 3 heterocycles. The molecule has 4 nitrogen and oxygen atoms in total. The molecule has 3 aromatic rings. The standard InChI is InChI=1S/C20H21N3O/c24-19(13-15-5-2-1-3-6-15)23-14-17(16-8-11-21-12-9-16)20-18(23)7-4-10-22-20/h1-7,10,14,16,21H,8-9,11-13H2. The van der Waals surface area contributed by atoms with Gasteiger partial charge in [0.05, 0.1) is 17.5 Å². The monoisotopic (exact) mass is 319 g/mol. The molecule has 1 N–H and O–H groups in total. The molecule has 0 spiro atoms. The van der Waals surface area contributed by atoms with Crippen LogP contribution in [0.2, 0.25) is 0 Å². The molecule has 2 aromatic heterocycles. The van der Waals surface area contributed by atoms with Crippen LogP contribution in [0.4, 0.5) is 0 Å². The van der Waals surface area contributed by atoms with E-state index >= 15 is 0 Å². The molecular weight excluding hydrogens is 298 g/mol. The van der Waals surface area contributed by atoms with E-state index < -0.39 is 0 Å². The zero-order valence-electron chi connectivity index (χ0n) is 13.6. The number of hydrogen-bond donors (Lipinski definition) is 1. The second-order valence-electron chi connectivity index (χ2n) is 6.41. The van der Waals surface area contributed by atoms with E-state index in [9.17, 15) is 4.79 Å². The van der Waals surface area contributed by atoms with Gasteiger partial charge in [-0.1, -0.05) is 30.3 Å². The quantitative estimate of drug-likeness (QED) is 0.805. The summed E-state index contributed by atoms with van der Waals surface area (Å²) in [6.45, 7) is 2.06. The highest BCUT2D eigenvalue weighted by Crippen LogP contribution is 2.31. The molecule has 0 amide bonds. The van der Waals surface area contributed by atoms with Gasteiger partial charge in [-0.2, -0.15) is 0 Å². The van der Waals surface area contributed by atoms with Crippen LogP contribution in [0, 0.1) is 0 Å². The third-order valence-corrected chi connectivity index (χ3v) is 4.83. The van der Waals surface area contributed by atoms with Crippen LogP contribution < -0.4 is 5.32 Å². The molecule has 1 aliphatic heterocycles. The van der Waals surface area contributed by atoms with Crippen LogP contribution in [0.5, 0.6) is 0 Å². The van der Waals surface area contributed by atoms with Gasteiger partial charge in [-0.3, -0.25) is 14.3 Å². The SMILES string of the molecule is O=C(Cc1ccccc1)n1cc(C2CCNCC2)c2ncccc21. The van der Waals surface area contributed by atoms with Crippen molar-refractivity contribution in [1.82, 2.24) is 14.9 Å². The maximum absolute atomic E-state index is 12.8. The second kappa shape index (κ2) is 6.57. The van der Waals surface area contributed by atoms with Gasteiger partial charge in [-0.15, -0.1) is 0 Å². The predicted octanol–water partition coefficient (Wildman–Crippen LogP) is 3.39. The number of benzene rings is 1. The first-order valence-corrected chi connectivity index (χ1v) is 8.57. The summed E-state index contributed by atoms with van der Waals surface area (Å²) in [7, 11) is 0. The molecule has 1 saturated heterocycles. The summed E-state index contributed by atoms with van der Waals surface area (Å²) < 4.78 is 1.80. The Morgan fingerprint density at radius 2 is 1.92 bits per heavy atom. The molecule has 0 bridgehead atoms. The van der Waals surface area contributed by atoms with Crippen LogP contribution in [0.1, 0.15) is 34.7 Å². The average molecular weight is 319 g/mol. The predicted molar refractivity (Wildman–Crippen MR) is 95.4 cm³/mol. The van der Waals surface area contributed by atoms with Gasteiger partial charge in [0.25, 0.3) is 0 Å². The zero-order chi connectivity index (χ0) is 16.4. The van der Waals surface area contributed by atoms with E-state index in [0.717, 1.165) is 42.5 Å². The number of fused-ring (bicyclic) bond motifs is 1. The van der Waals surface area contributed by atoms with Crippen molar-refractivity contribution in [2.45, 2.75) is 25.2 Å². The third kappa shape index (κ3) is 2.85. The number of piperidine rings is 1. The third-order valence-electron chi connectivity index (χ3n) is 4.83. The molecule has 4 rings (SSSR count). The Bertz CT molecular complexity index is 848. The summed E-state index contributed by atoms with van der Waals surface area (Å²) in [4.78, 5) is 17.4. The molecule has 0 saturated carbocycles. The number of nitrogens with one attached hydrogen (secondary N) is 1. The molecule has 0 unspecified atom stereocenters. The summed E-state index contributed by atoms with van der Waals surface area (Å²) in [5.41, 5.74) is 4.16. The fourth-order valence-electron chi connectivity index (χ4n) is 3.58. The number of pyridine rings is 1. The topological polar surface area (TPSA) is 46.9 Å². The van der Waals surface area contributed by atoms with Crippen molar-refractivity contribution in [2.24, 2.45) is 0 Å². The fraction of sp³-hybridized carbons (Fsp3) is 0.300. The Morgan fingerprint density at radius 3 is 2.71 bits per heavy atom. The second-order valence-corrected chi connectivity index (χ2v) is 6.41. The van der Waals surface area contributed by atoms with Crippen molar-refractivity contribution in [3.63, 3.8) is 0 Å². The molecule has 4 heteroatoms. The van der Waals surface area contributed by atoms with Gasteiger partial charge in [-0.25, -0.2) is 0 Å². The smallest absolute Gasteiger partial charge is 0.235 e. The number of carbonyl (C=O) groups excluding carboxylic acids is 1. The van der Waals surface area contributed by atoms with E-state index in [2.05, 4.69) is 10.3 Å². The first-order chi connectivity index (χ1) is 11.8. The van der Waals surface area contributed by atoms with E-state index in [-0.39, 0.29) is 5.91 Å². The van der Waals surface area contributed by atoms with Crippen molar-refractivity contribution in [3.8, 4) is 0 Å². The van der Waals surface area contributed by atoms with Crippen molar-refractivity contribution >= 4 is 16.9 Å². The van der Waals surface area contributed by atoms with Crippen molar-refractivity contribution in [3.05, 3.63) is 66.0 Å². The highest BCUT2D eigenvalue weighted by atomic mass is 16.2. The normalized spacial score (nSPS) is 15.7. The lowest BCUT2D eigenvalue weighted by Gasteiger charge is -2.21. The van der Waals surface area contributed by atoms with Crippen LogP contribution in [-0.4, -0.2) is 28.5 Å². The molecule has 122 valence electrons. The Balaban J connectivity index is 1.71. The summed E-state index contributed by atoms with van der Waals surface area (Å²) in [6, 6.07) is 13.8. The number of nitrogens with zero attached hydrogens (tertiary/aromatic N) is 2. The van der Waals surface area contributed by atoms with Gasteiger partial charge in [-0.05, 0) is 55.1 Å². The van der Waals surface area contributed by atoms with E-state index in [0.29, 0.717) is 12.3 Å². The molecule has 24 heavy (non-hydrogen) atoms. The molecule has 1 fully saturated rings. The Kier molecular flexibility index (Phi) is 4.13. The van der Waals surface area contributed by atoms with Crippen molar-refractivity contribution < 1.29 is 4.79 Å². The summed E-state index contributed by atoms with van der Waals surface area (Å²) in [6.07, 6.45) is 6.45. The maximum Gasteiger partial charge on any atom is 0.235 e. The summed E-state index contributed by atoms with van der Waals surface area (Å²) in [5.74, 6) is 0.578. The van der Waals surface area contributed by atoms with Crippen LogP contribution in [0.3, 0.4) is 0 Å². The van der Waals surface area contributed by atoms with Gasteiger partial charge in [0.1, 0.15) is 0 Å². The van der Waals surface area contributed by atoms with E-state index in [1.54, 1.807) is 4.57 Å². The van der Waals surface area contributed by atoms with Crippen molar-refractivity contribution in [2.75, 3.05) is 13.1 Å². The number of hydrogen-bond acceptors (Lipinski definition) is 3. The first-order valence-electron chi connectivity index (χ1n) is 8.57. The maximum atomic E-state index is 12.8. The van der Waals surface area contributed by atoms with Gasteiger partial charge in [0, 0.05) is 12.4 Å². The zero-order valence-corrected chi connectivity index (χ0v) is 13.6. The lowest BCUT2D eigenvalue weighted by atomic mass is 9.91. The Morgan fingerprint density at radius 1 is 1.12 bits per heavy atom. The van der Waals surface area contributed by atoms with Crippen LogP contribution in [0.15, 0.2) is 54.9 Å². The number of carbonyl (C=O) groups is 1. The highest BCUT2D eigenvalue weighted by molar-refractivity contribution is 5.93. The minimum Gasteiger partial charge on any atom is -0.317 e. The molecular formula is C20H21N3O. The molecule has 0 radical (unpaired) electrons. The van der Waals surface area contributed by atoms with Crippen molar-refractivity contribution in [1.29, 1.82) is 0 Å². The summed E-state index contributed by atoms with van der Waals surface area (Å²) in [5, 5.41) is 3.40.